The van der Waals surface area contributed by atoms with E-state index in [1.165, 1.54) is 135 Å². The Morgan fingerprint density at radius 2 is 0.826 bits per heavy atom. The van der Waals surface area contributed by atoms with Crippen molar-refractivity contribution in [1.29, 1.82) is 0 Å². The molecule has 0 saturated carbocycles. The van der Waals surface area contributed by atoms with Crippen molar-refractivity contribution in [3.63, 3.8) is 0 Å². The summed E-state index contributed by atoms with van der Waals surface area (Å²) >= 11 is 0. The van der Waals surface area contributed by atoms with E-state index < -0.39 is 24.3 Å². The fraction of sp³-hybridized carbons (Fsp3) is 0.783. The van der Waals surface area contributed by atoms with E-state index in [2.05, 4.69) is 74.6 Å². The minimum absolute atomic E-state index is 0.146. The number of hydrogen-bond acceptors (Lipinski definition) is 8. The minimum Gasteiger partial charge on any atom is -0.545 e. The van der Waals surface area contributed by atoms with Crippen LogP contribution in [0.3, 0.4) is 0 Å². The lowest BCUT2D eigenvalue weighted by Crippen LogP contribution is -2.44. The number of carboxylic acid groups (broad SMARTS) is 1. The lowest BCUT2D eigenvalue weighted by molar-refractivity contribution is -0.870. The number of nitrogens with zero attached hydrogens (tertiary/aromatic N) is 1. The molecule has 2 unspecified atom stereocenters. The first kappa shape index (κ1) is 66.0. The highest BCUT2D eigenvalue weighted by molar-refractivity contribution is 5.70. The zero-order valence-electron chi connectivity index (χ0n) is 45.4. The summed E-state index contributed by atoms with van der Waals surface area (Å²) in [6.45, 7) is 4.65. The third-order valence-electron chi connectivity index (χ3n) is 12.3. The number of carbonyl (C=O) groups is 3. The van der Waals surface area contributed by atoms with Crippen LogP contribution < -0.4 is 5.11 Å². The highest BCUT2D eigenvalue weighted by atomic mass is 16.7. The van der Waals surface area contributed by atoms with Gasteiger partial charge in [0, 0.05) is 12.8 Å². The number of allylic oxidation sites excluding steroid dienone is 10. The van der Waals surface area contributed by atoms with Gasteiger partial charge < -0.3 is 33.3 Å². The van der Waals surface area contributed by atoms with E-state index in [0.29, 0.717) is 23.9 Å². The van der Waals surface area contributed by atoms with E-state index >= 15 is 0 Å². The summed E-state index contributed by atoms with van der Waals surface area (Å²) in [5.41, 5.74) is 0. The van der Waals surface area contributed by atoms with Crippen LogP contribution in [0.2, 0.25) is 0 Å². The van der Waals surface area contributed by atoms with E-state index in [-0.39, 0.29) is 32.2 Å². The van der Waals surface area contributed by atoms with Gasteiger partial charge in [-0.05, 0) is 57.8 Å². The molecule has 0 aliphatic carbocycles. The van der Waals surface area contributed by atoms with Crippen molar-refractivity contribution in [2.75, 3.05) is 47.5 Å². The Kier molecular flexibility index (Phi) is 49.1. The number of aliphatic carboxylic acids is 1. The van der Waals surface area contributed by atoms with Crippen LogP contribution in [0.1, 0.15) is 245 Å². The predicted octanol–water partition coefficient (Wildman–Crippen LogP) is 15.1. The first-order chi connectivity index (χ1) is 33.6. The van der Waals surface area contributed by atoms with Crippen LogP contribution >= 0.6 is 0 Å². The topological polar surface area (TPSA) is 111 Å². The smallest absolute Gasteiger partial charge is 0.306 e. The van der Waals surface area contributed by atoms with E-state index in [1.807, 2.05) is 21.1 Å². The third kappa shape index (κ3) is 52.6. The molecule has 0 heterocycles. The fourth-order valence-corrected chi connectivity index (χ4v) is 7.92. The monoisotopic (exact) mass is 970 g/mol. The van der Waals surface area contributed by atoms with Gasteiger partial charge in [0.05, 0.1) is 40.3 Å². The highest BCUT2D eigenvalue weighted by Crippen LogP contribution is 2.16. The van der Waals surface area contributed by atoms with Gasteiger partial charge in [-0.25, -0.2) is 0 Å². The van der Waals surface area contributed by atoms with Gasteiger partial charge in [-0.1, -0.05) is 235 Å². The largest absolute Gasteiger partial charge is 0.545 e. The molecule has 0 spiro atoms. The number of carboxylic acids is 1. The van der Waals surface area contributed by atoms with E-state index in [9.17, 15) is 19.5 Å². The Morgan fingerprint density at radius 1 is 0.449 bits per heavy atom. The molecule has 69 heavy (non-hydrogen) atoms. The Morgan fingerprint density at radius 3 is 1.23 bits per heavy atom. The van der Waals surface area contributed by atoms with Crippen LogP contribution in [0.5, 0.6) is 0 Å². The summed E-state index contributed by atoms with van der Waals surface area (Å²) in [4.78, 5) is 37.3. The van der Waals surface area contributed by atoms with Crippen LogP contribution in [0.4, 0.5) is 0 Å². The van der Waals surface area contributed by atoms with Crippen LogP contribution in [0, 0.1) is 0 Å². The van der Waals surface area contributed by atoms with Gasteiger partial charge in [-0.2, -0.15) is 0 Å². The molecular weight excluding hydrogens is 863 g/mol. The highest BCUT2D eigenvalue weighted by Gasteiger charge is 2.22. The van der Waals surface area contributed by atoms with Crippen molar-refractivity contribution in [3.05, 3.63) is 60.8 Å². The normalized spacial score (nSPS) is 13.2. The standard InChI is InChI=1S/C60H107NO8/c1-6-8-10-12-14-16-18-20-22-24-26-27-28-29-30-31-33-35-37-39-41-43-45-47-49-51-58(63)69-56(55-68-60(59(64)65)66-53-52-61(3,4)5)54-67-57(62)50-48-46-44-42-40-38-36-34-32-25-23-21-19-17-15-13-11-9-7-2/h8,10,14,16,20,22,26-27,29-30,56,60H,6-7,9,11-13,15,17-19,21,23-25,28,31-55H2,1-5H3/b10-8-,16-14-,22-20-,27-26-,30-29-. The maximum Gasteiger partial charge on any atom is 0.306 e. The summed E-state index contributed by atoms with van der Waals surface area (Å²) in [6.07, 6.45) is 61.1. The molecular formula is C60H107NO8. The zero-order chi connectivity index (χ0) is 50.6. The molecule has 0 aromatic rings. The van der Waals surface area contributed by atoms with E-state index in [1.54, 1.807) is 0 Å². The average molecular weight is 971 g/mol. The van der Waals surface area contributed by atoms with Crippen molar-refractivity contribution in [2.24, 2.45) is 0 Å². The molecule has 9 heteroatoms. The number of rotatable bonds is 52. The van der Waals surface area contributed by atoms with Crippen LogP contribution in [-0.4, -0.2) is 82.3 Å². The van der Waals surface area contributed by atoms with Crippen molar-refractivity contribution in [3.8, 4) is 0 Å². The van der Waals surface area contributed by atoms with E-state index in [4.69, 9.17) is 18.9 Å². The van der Waals surface area contributed by atoms with Crippen molar-refractivity contribution < 1.29 is 42.9 Å². The Bertz CT molecular complexity index is 1310. The van der Waals surface area contributed by atoms with Crippen LogP contribution in [0.25, 0.3) is 0 Å². The van der Waals surface area contributed by atoms with Crippen LogP contribution in [-0.2, 0) is 33.3 Å². The number of esters is 2. The second kappa shape index (κ2) is 51.3. The molecule has 0 aromatic heterocycles. The molecule has 2 atom stereocenters. The van der Waals surface area contributed by atoms with Crippen molar-refractivity contribution in [1.82, 2.24) is 0 Å². The molecule has 0 amide bonds. The molecule has 400 valence electrons. The van der Waals surface area contributed by atoms with Gasteiger partial charge in [-0.3, -0.25) is 9.59 Å². The Balaban J connectivity index is 4.27. The Hall–Kier alpha value is -3.01. The molecule has 0 N–H and O–H groups in total. The second-order valence-corrected chi connectivity index (χ2v) is 20.2. The summed E-state index contributed by atoms with van der Waals surface area (Å²) in [5, 5.41) is 11.8. The molecule has 0 fully saturated rings. The molecule has 0 aromatic carbocycles. The molecule has 9 nitrogen and oxygen atoms in total. The predicted molar refractivity (Wildman–Crippen MR) is 288 cm³/mol. The zero-order valence-corrected chi connectivity index (χ0v) is 45.4. The maximum atomic E-state index is 12.9. The van der Waals surface area contributed by atoms with Gasteiger partial charge >= 0.3 is 11.9 Å². The summed E-state index contributed by atoms with van der Waals surface area (Å²) in [6, 6.07) is 0. The minimum atomic E-state index is -1.62. The molecule has 0 saturated heterocycles. The number of hydrogen-bond donors (Lipinski definition) is 0. The van der Waals surface area contributed by atoms with Gasteiger partial charge in [-0.15, -0.1) is 0 Å². The lowest BCUT2D eigenvalue weighted by Gasteiger charge is -2.26. The van der Waals surface area contributed by atoms with Gasteiger partial charge in [0.1, 0.15) is 13.2 Å². The molecule has 0 rings (SSSR count). The molecule has 0 aliphatic heterocycles. The summed E-state index contributed by atoms with van der Waals surface area (Å²) < 4.78 is 22.7. The third-order valence-corrected chi connectivity index (χ3v) is 12.3. The van der Waals surface area contributed by atoms with Crippen molar-refractivity contribution in [2.45, 2.75) is 257 Å². The van der Waals surface area contributed by atoms with Gasteiger partial charge in [0.25, 0.3) is 0 Å². The fourth-order valence-electron chi connectivity index (χ4n) is 7.92. The number of unbranched alkanes of at least 4 members (excludes halogenated alkanes) is 27. The quantitative estimate of drug-likeness (QED) is 0.0195. The first-order valence-electron chi connectivity index (χ1n) is 28.4. The number of ether oxygens (including phenoxy) is 4. The summed E-state index contributed by atoms with van der Waals surface area (Å²) in [5.74, 6) is -2.28. The van der Waals surface area contributed by atoms with E-state index in [0.717, 1.165) is 77.0 Å². The molecule has 0 bridgehead atoms. The van der Waals surface area contributed by atoms with Gasteiger partial charge in [0.15, 0.2) is 12.4 Å². The Labute approximate surface area is 425 Å². The number of quaternary nitrogens is 1. The molecule has 0 aliphatic rings. The number of carbonyl (C=O) groups excluding carboxylic acids is 3. The number of likely N-dealkylation sites (N-methyl/N-ethyl adjacent to an activating group) is 1. The second-order valence-electron chi connectivity index (χ2n) is 20.2. The maximum absolute atomic E-state index is 12.9. The van der Waals surface area contributed by atoms with Gasteiger partial charge in [0.2, 0.25) is 0 Å². The van der Waals surface area contributed by atoms with Crippen LogP contribution in [0.15, 0.2) is 60.8 Å². The molecule has 0 radical (unpaired) electrons. The lowest BCUT2D eigenvalue weighted by atomic mass is 10.0. The SMILES string of the molecule is CC/C=C\C/C=C\C/C=C\C/C=C\C/C=C\CCCCCCCCCCCC(=O)OC(COC(=O)CCCCCCCCCCCCCCCCCCCCC)COC(OCC[N+](C)(C)C)C(=O)[O-]. The first-order valence-corrected chi connectivity index (χ1v) is 28.4. The average Bonchev–Trinajstić information content (AvgIpc) is 3.31. The summed E-state index contributed by atoms with van der Waals surface area (Å²) in [7, 11) is 5.92. The van der Waals surface area contributed by atoms with Crippen molar-refractivity contribution >= 4 is 17.9 Å².